The zero-order valence-electron chi connectivity index (χ0n) is 17.3. The Morgan fingerprint density at radius 2 is 1.63 bits per heavy atom. The number of unbranched alkanes of at least 4 members (excludes halogenated alkanes) is 3. The number of anilines is 1. The minimum atomic E-state index is 0.779. The molecule has 2 aromatic carbocycles. The smallest absolute Gasteiger partial charge is 0.0314 e. The molecule has 0 aliphatic heterocycles. The quantitative estimate of drug-likeness (QED) is 0.383. The molecule has 1 nitrogen and oxygen atoms in total. The SMILES string of the molecule is CCCCCCC1CCC(c2ccc(Cc3ccc(N)cc3)c(C)c2)CC1. The van der Waals surface area contributed by atoms with Crippen LogP contribution in [0.2, 0.25) is 0 Å². The van der Waals surface area contributed by atoms with E-state index in [0.29, 0.717) is 0 Å². The van der Waals surface area contributed by atoms with Crippen molar-refractivity contribution >= 4 is 5.69 Å². The van der Waals surface area contributed by atoms with Crippen molar-refractivity contribution in [1.82, 2.24) is 0 Å². The maximum atomic E-state index is 5.80. The van der Waals surface area contributed by atoms with E-state index < -0.39 is 0 Å². The van der Waals surface area contributed by atoms with Gasteiger partial charge in [0.25, 0.3) is 0 Å². The molecule has 2 N–H and O–H groups in total. The molecule has 0 radical (unpaired) electrons. The van der Waals surface area contributed by atoms with Crippen LogP contribution in [0.25, 0.3) is 0 Å². The number of hydrogen-bond acceptors (Lipinski definition) is 1. The van der Waals surface area contributed by atoms with Crippen molar-refractivity contribution in [2.75, 3.05) is 5.73 Å². The number of aryl methyl sites for hydroxylation is 1. The highest BCUT2D eigenvalue weighted by Crippen LogP contribution is 2.38. The Kier molecular flexibility index (Phi) is 7.38. The highest BCUT2D eigenvalue weighted by molar-refractivity contribution is 5.42. The Morgan fingerprint density at radius 1 is 0.889 bits per heavy atom. The van der Waals surface area contributed by atoms with E-state index in [0.717, 1.165) is 23.9 Å². The fraction of sp³-hybridized carbons (Fsp3) is 0.538. The molecule has 1 aliphatic rings. The molecule has 1 saturated carbocycles. The second-order valence-electron chi connectivity index (χ2n) is 8.67. The number of nitrogens with two attached hydrogens (primary N) is 1. The van der Waals surface area contributed by atoms with Crippen molar-refractivity contribution in [3.63, 3.8) is 0 Å². The van der Waals surface area contributed by atoms with Crippen molar-refractivity contribution in [1.29, 1.82) is 0 Å². The van der Waals surface area contributed by atoms with Gasteiger partial charge in [-0.15, -0.1) is 0 Å². The Morgan fingerprint density at radius 3 is 2.30 bits per heavy atom. The molecular weight excluding hydrogens is 326 g/mol. The van der Waals surface area contributed by atoms with Gasteiger partial charge in [0, 0.05) is 5.69 Å². The van der Waals surface area contributed by atoms with Crippen molar-refractivity contribution in [2.24, 2.45) is 5.92 Å². The molecule has 3 rings (SSSR count). The summed E-state index contributed by atoms with van der Waals surface area (Å²) in [6.07, 6.45) is 13.7. The second-order valence-corrected chi connectivity index (χ2v) is 8.67. The zero-order valence-corrected chi connectivity index (χ0v) is 17.3. The second kappa shape index (κ2) is 9.97. The number of rotatable bonds is 8. The molecule has 0 saturated heterocycles. The molecule has 1 fully saturated rings. The predicted molar refractivity (Wildman–Crippen MR) is 118 cm³/mol. The first-order chi connectivity index (χ1) is 13.2. The van der Waals surface area contributed by atoms with E-state index in [9.17, 15) is 0 Å². The molecule has 0 heterocycles. The fourth-order valence-electron chi connectivity index (χ4n) is 4.67. The summed E-state index contributed by atoms with van der Waals surface area (Å²) in [5.74, 6) is 1.77. The van der Waals surface area contributed by atoms with Crippen molar-refractivity contribution in [3.8, 4) is 0 Å². The molecule has 0 spiro atoms. The van der Waals surface area contributed by atoms with E-state index in [1.807, 2.05) is 12.1 Å². The van der Waals surface area contributed by atoms with E-state index in [1.54, 1.807) is 5.56 Å². The highest BCUT2D eigenvalue weighted by Gasteiger charge is 2.22. The lowest BCUT2D eigenvalue weighted by Gasteiger charge is -2.29. The Bertz CT molecular complexity index is 693. The van der Waals surface area contributed by atoms with Crippen LogP contribution in [0.3, 0.4) is 0 Å². The first-order valence-corrected chi connectivity index (χ1v) is 11.1. The normalized spacial score (nSPS) is 19.9. The van der Waals surface area contributed by atoms with Gasteiger partial charge in [0.15, 0.2) is 0 Å². The molecular formula is C26H37N. The average Bonchev–Trinajstić information content (AvgIpc) is 2.69. The molecule has 0 atom stereocenters. The van der Waals surface area contributed by atoms with Crippen LogP contribution in [0.15, 0.2) is 42.5 Å². The third-order valence-corrected chi connectivity index (χ3v) is 6.53. The summed E-state index contributed by atoms with van der Waals surface area (Å²) in [7, 11) is 0. The lowest BCUT2D eigenvalue weighted by atomic mass is 9.76. The maximum Gasteiger partial charge on any atom is 0.0314 e. The van der Waals surface area contributed by atoms with Gasteiger partial charge >= 0.3 is 0 Å². The van der Waals surface area contributed by atoms with Crippen molar-refractivity contribution in [3.05, 3.63) is 64.7 Å². The Labute approximate surface area is 166 Å². The van der Waals surface area contributed by atoms with E-state index in [1.165, 1.54) is 74.5 Å². The van der Waals surface area contributed by atoms with Crippen LogP contribution in [0, 0.1) is 12.8 Å². The van der Waals surface area contributed by atoms with E-state index in [4.69, 9.17) is 5.73 Å². The molecule has 27 heavy (non-hydrogen) atoms. The first-order valence-electron chi connectivity index (χ1n) is 11.1. The van der Waals surface area contributed by atoms with Crippen LogP contribution in [-0.4, -0.2) is 0 Å². The minimum Gasteiger partial charge on any atom is -0.399 e. The largest absolute Gasteiger partial charge is 0.399 e. The molecule has 0 unspecified atom stereocenters. The van der Waals surface area contributed by atoms with Gasteiger partial charge in [-0.1, -0.05) is 69.4 Å². The summed E-state index contributed by atoms with van der Waals surface area (Å²) >= 11 is 0. The van der Waals surface area contributed by atoms with Crippen LogP contribution in [0.4, 0.5) is 5.69 Å². The summed E-state index contributed by atoms with van der Waals surface area (Å²) in [6.45, 7) is 4.57. The number of hydrogen-bond donors (Lipinski definition) is 1. The molecule has 0 amide bonds. The van der Waals surface area contributed by atoms with Crippen LogP contribution >= 0.6 is 0 Å². The monoisotopic (exact) mass is 363 g/mol. The zero-order chi connectivity index (χ0) is 19.1. The third-order valence-electron chi connectivity index (χ3n) is 6.53. The lowest BCUT2D eigenvalue weighted by Crippen LogP contribution is -2.13. The predicted octanol–water partition coefficient (Wildman–Crippen LogP) is 7.41. The number of benzene rings is 2. The first kappa shape index (κ1) is 20.0. The summed E-state index contributed by atoms with van der Waals surface area (Å²) in [4.78, 5) is 0. The van der Waals surface area contributed by atoms with Crippen molar-refractivity contribution in [2.45, 2.75) is 84.0 Å². The summed E-state index contributed by atoms with van der Waals surface area (Å²) in [6, 6.07) is 15.5. The van der Waals surface area contributed by atoms with Crippen LogP contribution in [0.5, 0.6) is 0 Å². The highest BCUT2D eigenvalue weighted by atomic mass is 14.5. The standard InChI is InChI=1S/C26H37N/c1-3-4-5-6-7-21-8-12-23(13-9-21)25-15-14-24(20(2)18-25)19-22-10-16-26(27)17-11-22/h10-11,14-18,21,23H,3-9,12-13,19,27H2,1-2H3. The summed E-state index contributed by atoms with van der Waals surface area (Å²) in [5, 5.41) is 0. The Balaban J connectivity index is 1.52. The minimum absolute atomic E-state index is 0.779. The van der Waals surface area contributed by atoms with E-state index in [-0.39, 0.29) is 0 Å². The van der Waals surface area contributed by atoms with Crippen LogP contribution in [0.1, 0.15) is 92.9 Å². The average molecular weight is 364 g/mol. The van der Waals surface area contributed by atoms with Crippen LogP contribution in [-0.2, 0) is 6.42 Å². The van der Waals surface area contributed by atoms with E-state index >= 15 is 0 Å². The third kappa shape index (κ3) is 5.86. The van der Waals surface area contributed by atoms with Gasteiger partial charge in [-0.05, 0) is 85.3 Å². The lowest BCUT2D eigenvalue weighted by molar-refractivity contribution is 0.302. The molecule has 1 heteroatoms. The summed E-state index contributed by atoms with van der Waals surface area (Å²) in [5.41, 5.74) is 12.4. The molecule has 0 bridgehead atoms. The van der Waals surface area contributed by atoms with Gasteiger partial charge in [0.1, 0.15) is 0 Å². The maximum absolute atomic E-state index is 5.80. The molecule has 146 valence electrons. The topological polar surface area (TPSA) is 26.0 Å². The van der Waals surface area contributed by atoms with Gasteiger partial charge in [0.2, 0.25) is 0 Å². The fourth-order valence-corrected chi connectivity index (χ4v) is 4.67. The van der Waals surface area contributed by atoms with Gasteiger partial charge in [-0.2, -0.15) is 0 Å². The number of nitrogen functional groups attached to an aromatic ring is 1. The van der Waals surface area contributed by atoms with Gasteiger partial charge in [-0.3, -0.25) is 0 Å². The van der Waals surface area contributed by atoms with Crippen LogP contribution < -0.4 is 5.73 Å². The summed E-state index contributed by atoms with van der Waals surface area (Å²) < 4.78 is 0. The molecule has 0 aromatic heterocycles. The molecule has 1 aliphatic carbocycles. The molecule has 2 aromatic rings. The van der Waals surface area contributed by atoms with E-state index in [2.05, 4.69) is 44.2 Å². The van der Waals surface area contributed by atoms with Crippen molar-refractivity contribution < 1.29 is 0 Å². The van der Waals surface area contributed by atoms with Gasteiger partial charge in [-0.25, -0.2) is 0 Å². The van der Waals surface area contributed by atoms with Gasteiger partial charge < -0.3 is 5.73 Å². The Hall–Kier alpha value is -1.76. The van der Waals surface area contributed by atoms with Gasteiger partial charge in [0.05, 0.1) is 0 Å².